The van der Waals surface area contributed by atoms with E-state index < -0.39 is 30.1 Å². The lowest BCUT2D eigenvalue weighted by Crippen LogP contribution is -2.33. The number of aliphatic hydroxyl groups is 1. The van der Waals surface area contributed by atoms with E-state index in [2.05, 4.69) is 4.74 Å². The SMILES string of the molecule is CC(O)OC(=O)C1C=CCCC1C(=O)O. The van der Waals surface area contributed by atoms with E-state index >= 15 is 0 Å². The van der Waals surface area contributed by atoms with Crippen LogP contribution in [0.3, 0.4) is 0 Å². The first-order valence-electron chi connectivity index (χ1n) is 4.80. The van der Waals surface area contributed by atoms with Crippen LogP contribution in [0.1, 0.15) is 19.8 Å². The summed E-state index contributed by atoms with van der Waals surface area (Å²) in [6.07, 6.45) is 3.16. The molecular formula is C10H14O5. The normalized spacial score (nSPS) is 27.1. The third-order valence-electron chi connectivity index (χ3n) is 2.30. The summed E-state index contributed by atoms with van der Waals surface area (Å²) < 4.78 is 4.57. The molecule has 0 aliphatic heterocycles. The van der Waals surface area contributed by atoms with Crippen molar-refractivity contribution in [2.45, 2.75) is 26.1 Å². The maximum atomic E-state index is 11.4. The van der Waals surface area contributed by atoms with Gasteiger partial charge in [0.05, 0.1) is 11.8 Å². The molecule has 3 unspecified atom stereocenters. The lowest BCUT2D eigenvalue weighted by molar-refractivity contribution is -0.173. The summed E-state index contributed by atoms with van der Waals surface area (Å²) in [4.78, 5) is 22.3. The van der Waals surface area contributed by atoms with Crippen molar-refractivity contribution in [2.75, 3.05) is 0 Å². The van der Waals surface area contributed by atoms with Crippen LogP contribution >= 0.6 is 0 Å². The second kappa shape index (κ2) is 4.93. The minimum atomic E-state index is -1.21. The van der Waals surface area contributed by atoms with Gasteiger partial charge in [0, 0.05) is 0 Å². The molecule has 0 radical (unpaired) electrons. The topological polar surface area (TPSA) is 83.8 Å². The fourth-order valence-electron chi connectivity index (χ4n) is 1.60. The van der Waals surface area contributed by atoms with E-state index in [-0.39, 0.29) is 0 Å². The van der Waals surface area contributed by atoms with Crippen molar-refractivity contribution in [3.8, 4) is 0 Å². The third-order valence-corrected chi connectivity index (χ3v) is 2.30. The number of aliphatic carboxylic acids is 1. The van der Waals surface area contributed by atoms with Crippen LogP contribution in [-0.2, 0) is 14.3 Å². The Hall–Kier alpha value is -1.36. The van der Waals surface area contributed by atoms with Crippen molar-refractivity contribution in [3.05, 3.63) is 12.2 Å². The molecule has 0 bridgehead atoms. The molecule has 3 atom stereocenters. The van der Waals surface area contributed by atoms with Crippen LogP contribution in [0.25, 0.3) is 0 Å². The molecule has 5 heteroatoms. The molecule has 1 aliphatic rings. The van der Waals surface area contributed by atoms with Crippen molar-refractivity contribution in [3.63, 3.8) is 0 Å². The van der Waals surface area contributed by atoms with E-state index in [9.17, 15) is 9.59 Å². The minimum Gasteiger partial charge on any atom is -0.481 e. The van der Waals surface area contributed by atoms with E-state index in [4.69, 9.17) is 10.2 Å². The fourth-order valence-corrected chi connectivity index (χ4v) is 1.60. The second-order valence-corrected chi connectivity index (χ2v) is 3.51. The third kappa shape index (κ3) is 3.06. The number of hydrogen-bond acceptors (Lipinski definition) is 4. The number of carboxylic acid groups (broad SMARTS) is 1. The van der Waals surface area contributed by atoms with Crippen molar-refractivity contribution < 1.29 is 24.5 Å². The van der Waals surface area contributed by atoms with E-state index in [1.807, 2.05) is 0 Å². The maximum absolute atomic E-state index is 11.4. The monoisotopic (exact) mass is 214 g/mol. The van der Waals surface area contributed by atoms with Crippen molar-refractivity contribution in [1.29, 1.82) is 0 Å². The van der Waals surface area contributed by atoms with Crippen molar-refractivity contribution in [2.24, 2.45) is 11.8 Å². The Morgan fingerprint density at radius 1 is 1.53 bits per heavy atom. The highest BCUT2D eigenvalue weighted by atomic mass is 16.6. The van der Waals surface area contributed by atoms with E-state index in [0.29, 0.717) is 12.8 Å². The predicted octanol–water partition coefficient (Wildman–Crippen LogP) is 0.535. The van der Waals surface area contributed by atoms with Gasteiger partial charge in [-0.2, -0.15) is 0 Å². The Balaban J connectivity index is 2.71. The van der Waals surface area contributed by atoms with Crippen LogP contribution < -0.4 is 0 Å². The molecule has 0 aromatic rings. The Morgan fingerprint density at radius 2 is 2.20 bits per heavy atom. The van der Waals surface area contributed by atoms with Gasteiger partial charge in [-0.3, -0.25) is 9.59 Å². The molecule has 5 nitrogen and oxygen atoms in total. The molecule has 0 aromatic heterocycles. The molecule has 2 N–H and O–H groups in total. The smallest absolute Gasteiger partial charge is 0.315 e. The molecular weight excluding hydrogens is 200 g/mol. The second-order valence-electron chi connectivity index (χ2n) is 3.51. The predicted molar refractivity (Wildman–Crippen MR) is 50.8 cm³/mol. The summed E-state index contributed by atoms with van der Waals surface area (Å²) >= 11 is 0. The molecule has 0 saturated carbocycles. The highest BCUT2D eigenvalue weighted by Gasteiger charge is 2.34. The summed E-state index contributed by atoms with van der Waals surface area (Å²) in [5.74, 6) is -3.23. The molecule has 84 valence electrons. The number of carboxylic acids is 1. The first-order valence-corrected chi connectivity index (χ1v) is 4.80. The molecule has 0 amide bonds. The number of aliphatic hydroxyl groups excluding tert-OH is 1. The van der Waals surface area contributed by atoms with E-state index in [1.165, 1.54) is 13.0 Å². The standard InChI is InChI=1S/C10H14O5/c1-6(11)15-10(14)8-5-3-2-4-7(8)9(12)13/h3,5-8,11H,2,4H2,1H3,(H,12,13). The molecule has 0 fully saturated rings. The number of rotatable bonds is 3. The fraction of sp³-hybridized carbons (Fsp3) is 0.600. The van der Waals surface area contributed by atoms with Gasteiger partial charge < -0.3 is 14.9 Å². The molecule has 15 heavy (non-hydrogen) atoms. The Kier molecular flexibility index (Phi) is 3.85. The summed E-state index contributed by atoms with van der Waals surface area (Å²) in [7, 11) is 0. The average Bonchev–Trinajstić information content (AvgIpc) is 2.16. The van der Waals surface area contributed by atoms with Crippen LogP contribution in [0.15, 0.2) is 12.2 Å². The highest BCUT2D eigenvalue weighted by molar-refractivity contribution is 5.83. The van der Waals surface area contributed by atoms with Gasteiger partial charge in [-0.1, -0.05) is 12.2 Å². The summed E-state index contributed by atoms with van der Waals surface area (Å²) in [6, 6.07) is 0. The summed E-state index contributed by atoms with van der Waals surface area (Å²) in [5, 5.41) is 17.8. The number of carbonyl (C=O) groups is 2. The largest absolute Gasteiger partial charge is 0.481 e. The zero-order chi connectivity index (χ0) is 11.4. The Labute approximate surface area is 87.4 Å². The van der Waals surface area contributed by atoms with E-state index in [0.717, 1.165) is 0 Å². The molecule has 0 spiro atoms. The van der Waals surface area contributed by atoms with Crippen LogP contribution in [0.2, 0.25) is 0 Å². The van der Waals surface area contributed by atoms with Crippen LogP contribution in [0, 0.1) is 11.8 Å². The zero-order valence-electron chi connectivity index (χ0n) is 8.42. The minimum absolute atomic E-state index is 0.422. The van der Waals surface area contributed by atoms with E-state index in [1.54, 1.807) is 6.08 Å². The van der Waals surface area contributed by atoms with Gasteiger partial charge in [0.2, 0.25) is 0 Å². The number of carbonyl (C=O) groups excluding carboxylic acids is 1. The van der Waals surface area contributed by atoms with Crippen molar-refractivity contribution in [1.82, 2.24) is 0 Å². The maximum Gasteiger partial charge on any atom is 0.315 e. The van der Waals surface area contributed by atoms with Gasteiger partial charge in [-0.25, -0.2) is 0 Å². The quantitative estimate of drug-likeness (QED) is 0.407. The van der Waals surface area contributed by atoms with Crippen LogP contribution in [0.5, 0.6) is 0 Å². The zero-order valence-corrected chi connectivity index (χ0v) is 8.42. The number of esters is 1. The number of ether oxygens (including phenoxy) is 1. The lowest BCUT2D eigenvalue weighted by atomic mass is 9.84. The Bertz CT molecular complexity index is 282. The average molecular weight is 214 g/mol. The van der Waals surface area contributed by atoms with Crippen LogP contribution in [-0.4, -0.2) is 28.4 Å². The van der Waals surface area contributed by atoms with Gasteiger partial charge in [0.15, 0.2) is 6.29 Å². The molecule has 0 heterocycles. The van der Waals surface area contributed by atoms with Gasteiger partial charge in [-0.05, 0) is 19.8 Å². The van der Waals surface area contributed by atoms with Crippen molar-refractivity contribution >= 4 is 11.9 Å². The molecule has 0 aromatic carbocycles. The first-order chi connectivity index (χ1) is 7.02. The Morgan fingerprint density at radius 3 is 2.73 bits per heavy atom. The van der Waals surface area contributed by atoms with Gasteiger partial charge >= 0.3 is 11.9 Å². The van der Waals surface area contributed by atoms with Gasteiger partial charge in [0.1, 0.15) is 0 Å². The lowest BCUT2D eigenvalue weighted by Gasteiger charge is -2.23. The summed E-state index contributed by atoms with van der Waals surface area (Å²) in [6.45, 7) is 1.31. The molecule has 1 rings (SSSR count). The molecule has 0 saturated heterocycles. The summed E-state index contributed by atoms with van der Waals surface area (Å²) in [5.41, 5.74) is 0. The highest BCUT2D eigenvalue weighted by Crippen LogP contribution is 2.26. The van der Waals surface area contributed by atoms with Gasteiger partial charge in [-0.15, -0.1) is 0 Å². The molecule has 1 aliphatic carbocycles. The van der Waals surface area contributed by atoms with Gasteiger partial charge in [0.25, 0.3) is 0 Å². The first kappa shape index (κ1) is 11.7. The number of hydrogen-bond donors (Lipinski definition) is 2. The number of allylic oxidation sites excluding steroid dienone is 1. The van der Waals surface area contributed by atoms with Crippen LogP contribution in [0.4, 0.5) is 0 Å².